The summed E-state index contributed by atoms with van der Waals surface area (Å²) in [6, 6.07) is 5.50. The maximum atomic E-state index is 12.0. The number of halogens is 1. The zero-order chi connectivity index (χ0) is 15.3. The number of likely N-dealkylation sites (N-methyl/N-ethyl adjacent to an activating group) is 1. The zero-order valence-corrected chi connectivity index (χ0v) is 13.4. The molecule has 0 fully saturated rings. The van der Waals surface area contributed by atoms with Crippen molar-refractivity contribution >= 4 is 23.2 Å². The van der Waals surface area contributed by atoms with Crippen LogP contribution in [0.5, 0.6) is 0 Å². The van der Waals surface area contributed by atoms with Crippen LogP contribution in [0.4, 0.5) is 5.69 Å². The van der Waals surface area contributed by atoms with E-state index in [1.165, 1.54) is 0 Å². The third-order valence-corrected chi connectivity index (χ3v) is 3.53. The van der Waals surface area contributed by atoms with Gasteiger partial charge in [0.15, 0.2) is 0 Å². The van der Waals surface area contributed by atoms with E-state index < -0.39 is 0 Å². The van der Waals surface area contributed by atoms with Gasteiger partial charge in [-0.25, -0.2) is 0 Å². The SMILES string of the molecule is Cc1ccc(NC(=O)CN(C)CC(C)(C)CN)cc1Cl. The van der Waals surface area contributed by atoms with Crippen molar-refractivity contribution in [1.29, 1.82) is 0 Å². The highest BCUT2D eigenvalue weighted by molar-refractivity contribution is 6.31. The Bertz CT molecular complexity index is 474. The number of hydrogen-bond donors (Lipinski definition) is 2. The van der Waals surface area contributed by atoms with Crippen LogP contribution in [-0.4, -0.2) is 37.5 Å². The second-order valence-electron chi connectivity index (χ2n) is 6.05. The number of amides is 1. The van der Waals surface area contributed by atoms with Crippen molar-refractivity contribution < 1.29 is 4.79 Å². The molecule has 1 aromatic carbocycles. The third kappa shape index (κ3) is 5.49. The Morgan fingerprint density at radius 3 is 2.65 bits per heavy atom. The minimum absolute atomic E-state index is 0.00218. The smallest absolute Gasteiger partial charge is 0.238 e. The van der Waals surface area contributed by atoms with Crippen LogP contribution >= 0.6 is 11.6 Å². The first-order valence-electron chi connectivity index (χ1n) is 6.68. The predicted octanol–water partition coefficient (Wildman–Crippen LogP) is 2.50. The molecule has 0 radical (unpaired) electrons. The Hall–Kier alpha value is -1.10. The van der Waals surface area contributed by atoms with Crippen LogP contribution in [0.15, 0.2) is 18.2 Å². The lowest BCUT2D eigenvalue weighted by atomic mass is 9.93. The number of aryl methyl sites for hydroxylation is 1. The second kappa shape index (κ2) is 7.07. The molecule has 0 aliphatic carbocycles. The van der Waals surface area contributed by atoms with Gasteiger partial charge in [0.25, 0.3) is 0 Å². The first-order chi connectivity index (χ1) is 9.23. The second-order valence-corrected chi connectivity index (χ2v) is 6.46. The van der Waals surface area contributed by atoms with Crippen LogP contribution in [-0.2, 0) is 4.79 Å². The van der Waals surface area contributed by atoms with Gasteiger partial charge in [0.1, 0.15) is 0 Å². The Balaban J connectivity index is 2.53. The molecule has 1 rings (SSSR count). The molecule has 0 aliphatic heterocycles. The molecule has 0 unspecified atom stereocenters. The maximum absolute atomic E-state index is 12.0. The topological polar surface area (TPSA) is 58.4 Å². The van der Waals surface area contributed by atoms with Gasteiger partial charge >= 0.3 is 0 Å². The number of nitrogens with one attached hydrogen (secondary N) is 1. The summed E-state index contributed by atoms with van der Waals surface area (Å²) in [5.41, 5.74) is 7.41. The van der Waals surface area contributed by atoms with E-state index in [1.807, 2.05) is 31.0 Å². The Morgan fingerprint density at radius 2 is 2.10 bits per heavy atom. The van der Waals surface area contributed by atoms with Crippen LogP contribution in [0.2, 0.25) is 5.02 Å². The molecular formula is C15H24ClN3O. The molecular weight excluding hydrogens is 274 g/mol. The van der Waals surface area contributed by atoms with Crippen molar-refractivity contribution in [3.8, 4) is 0 Å². The zero-order valence-electron chi connectivity index (χ0n) is 12.7. The lowest BCUT2D eigenvalue weighted by Gasteiger charge is -2.28. The first kappa shape index (κ1) is 17.0. The average Bonchev–Trinajstić information content (AvgIpc) is 2.33. The van der Waals surface area contributed by atoms with E-state index >= 15 is 0 Å². The molecule has 20 heavy (non-hydrogen) atoms. The van der Waals surface area contributed by atoms with Crippen molar-refractivity contribution in [3.63, 3.8) is 0 Å². The van der Waals surface area contributed by atoms with Gasteiger partial charge in [-0.2, -0.15) is 0 Å². The van der Waals surface area contributed by atoms with Gasteiger partial charge in [0.2, 0.25) is 5.91 Å². The molecule has 0 spiro atoms. The normalized spacial score (nSPS) is 11.8. The van der Waals surface area contributed by atoms with Gasteiger partial charge in [-0.05, 0) is 43.6 Å². The fourth-order valence-electron chi connectivity index (χ4n) is 1.97. The van der Waals surface area contributed by atoms with Crippen molar-refractivity contribution in [2.75, 3.05) is 32.0 Å². The quantitative estimate of drug-likeness (QED) is 0.848. The van der Waals surface area contributed by atoms with E-state index in [4.69, 9.17) is 17.3 Å². The fourth-order valence-corrected chi connectivity index (χ4v) is 2.15. The number of rotatable bonds is 6. The van der Waals surface area contributed by atoms with E-state index in [9.17, 15) is 4.79 Å². The van der Waals surface area contributed by atoms with Crippen molar-refractivity contribution in [1.82, 2.24) is 4.90 Å². The first-order valence-corrected chi connectivity index (χ1v) is 7.06. The van der Waals surface area contributed by atoms with Crippen LogP contribution in [0, 0.1) is 12.3 Å². The third-order valence-electron chi connectivity index (χ3n) is 3.12. The number of nitrogens with two attached hydrogens (primary N) is 1. The number of anilines is 1. The van der Waals surface area contributed by atoms with E-state index in [1.54, 1.807) is 6.07 Å². The molecule has 3 N–H and O–H groups in total. The highest BCUT2D eigenvalue weighted by Gasteiger charge is 2.19. The van der Waals surface area contributed by atoms with Gasteiger partial charge in [0.05, 0.1) is 6.54 Å². The standard InChI is InChI=1S/C15H24ClN3O/c1-11-5-6-12(7-13(11)16)18-14(20)8-19(4)10-15(2,3)9-17/h5-7H,8-10,17H2,1-4H3,(H,18,20). The average molecular weight is 298 g/mol. The van der Waals surface area contributed by atoms with Gasteiger partial charge in [-0.1, -0.05) is 31.5 Å². The number of nitrogens with zero attached hydrogens (tertiary/aromatic N) is 1. The summed E-state index contributed by atoms with van der Waals surface area (Å²) in [5.74, 6) is -0.0553. The van der Waals surface area contributed by atoms with Crippen molar-refractivity contribution in [3.05, 3.63) is 28.8 Å². The van der Waals surface area contributed by atoms with Gasteiger partial charge in [-0.15, -0.1) is 0 Å². The predicted molar refractivity (Wildman–Crippen MR) is 85.2 cm³/mol. The van der Waals surface area contributed by atoms with Crippen LogP contribution in [0.3, 0.4) is 0 Å². The molecule has 5 heteroatoms. The Kier molecular flexibility index (Phi) is 5.99. The molecule has 0 saturated heterocycles. The lowest BCUT2D eigenvalue weighted by Crippen LogP contribution is -2.40. The number of hydrogen-bond acceptors (Lipinski definition) is 3. The summed E-state index contributed by atoms with van der Waals surface area (Å²) in [5, 5.41) is 3.50. The molecule has 0 heterocycles. The highest BCUT2D eigenvalue weighted by Crippen LogP contribution is 2.20. The minimum atomic E-state index is -0.0553. The molecule has 0 bridgehead atoms. The molecule has 0 saturated carbocycles. The molecule has 0 aliphatic rings. The summed E-state index contributed by atoms with van der Waals surface area (Å²) in [7, 11) is 1.92. The van der Waals surface area contributed by atoms with Crippen LogP contribution < -0.4 is 11.1 Å². The Labute approximate surface area is 126 Å². The van der Waals surface area contributed by atoms with E-state index in [-0.39, 0.29) is 11.3 Å². The summed E-state index contributed by atoms with van der Waals surface area (Å²) < 4.78 is 0. The fraction of sp³-hybridized carbons (Fsp3) is 0.533. The summed E-state index contributed by atoms with van der Waals surface area (Å²) in [6.45, 7) is 7.78. The monoisotopic (exact) mass is 297 g/mol. The Morgan fingerprint density at radius 1 is 1.45 bits per heavy atom. The molecule has 0 aromatic heterocycles. The molecule has 4 nitrogen and oxygen atoms in total. The van der Waals surface area contributed by atoms with E-state index in [2.05, 4.69) is 19.2 Å². The molecule has 1 amide bonds. The number of carbonyl (C=O) groups excluding carboxylic acids is 1. The van der Waals surface area contributed by atoms with Gasteiger partial charge < -0.3 is 11.1 Å². The lowest BCUT2D eigenvalue weighted by molar-refractivity contribution is -0.117. The summed E-state index contributed by atoms with van der Waals surface area (Å²) in [4.78, 5) is 13.9. The van der Waals surface area contributed by atoms with E-state index in [0.717, 1.165) is 17.8 Å². The van der Waals surface area contributed by atoms with Crippen molar-refractivity contribution in [2.45, 2.75) is 20.8 Å². The van der Waals surface area contributed by atoms with E-state index in [0.29, 0.717) is 18.1 Å². The molecule has 0 atom stereocenters. The van der Waals surface area contributed by atoms with Crippen molar-refractivity contribution in [2.24, 2.45) is 11.1 Å². The van der Waals surface area contributed by atoms with Gasteiger partial charge in [-0.3, -0.25) is 9.69 Å². The minimum Gasteiger partial charge on any atom is -0.330 e. The molecule has 1 aromatic rings. The van der Waals surface area contributed by atoms with Crippen LogP contribution in [0.25, 0.3) is 0 Å². The highest BCUT2D eigenvalue weighted by atomic mass is 35.5. The number of benzene rings is 1. The molecule has 112 valence electrons. The largest absolute Gasteiger partial charge is 0.330 e. The maximum Gasteiger partial charge on any atom is 0.238 e. The van der Waals surface area contributed by atoms with Crippen LogP contribution in [0.1, 0.15) is 19.4 Å². The summed E-state index contributed by atoms with van der Waals surface area (Å²) in [6.07, 6.45) is 0. The van der Waals surface area contributed by atoms with Gasteiger partial charge in [0, 0.05) is 17.3 Å². The number of carbonyl (C=O) groups is 1. The summed E-state index contributed by atoms with van der Waals surface area (Å²) >= 11 is 6.03.